The lowest BCUT2D eigenvalue weighted by Crippen LogP contribution is -2.30. The number of carbonyl (C=O) groups is 2. The molecule has 6 heteroatoms. The molecule has 0 heterocycles. The molecule has 2 amide bonds. The average molecular weight is 457 g/mol. The minimum Gasteiger partial charge on any atom is -0.339 e. The molecule has 0 atom stereocenters. The van der Waals surface area contributed by atoms with E-state index in [1.807, 2.05) is 13.8 Å². The van der Waals surface area contributed by atoms with Crippen LogP contribution in [0.4, 0.5) is 5.69 Å². The summed E-state index contributed by atoms with van der Waals surface area (Å²) in [5, 5.41) is 3.44. The highest BCUT2D eigenvalue weighted by Gasteiger charge is 2.13. The van der Waals surface area contributed by atoms with Crippen molar-refractivity contribution in [2.24, 2.45) is 0 Å². The molecule has 0 fully saturated rings. The molecule has 0 bridgehead atoms. The fourth-order valence-corrected chi connectivity index (χ4v) is 2.86. The van der Waals surface area contributed by atoms with Gasteiger partial charge in [-0.3, -0.25) is 9.59 Å². The van der Waals surface area contributed by atoms with Crippen LogP contribution in [0.3, 0.4) is 0 Å². The molecule has 0 saturated carbocycles. The maximum atomic E-state index is 12.3. The van der Waals surface area contributed by atoms with Crippen LogP contribution in [-0.4, -0.2) is 29.8 Å². The van der Waals surface area contributed by atoms with Gasteiger partial charge in [-0.25, -0.2) is 0 Å². The van der Waals surface area contributed by atoms with Gasteiger partial charge in [0, 0.05) is 33.5 Å². The Balaban J connectivity index is 2.09. The maximum Gasteiger partial charge on any atom is 0.255 e. The summed E-state index contributed by atoms with van der Waals surface area (Å²) in [6.07, 6.45) is 0. The summed E-state index contributed by atoms with van der Waals surface area (Å²) in [4.78, 5) is 26.3. The van der Waals surface area contributed by atoms with Gasteiger partial charge in [-0.05, 0) is 78.9 Å². The van der Waals surface area contributed by atoms with Crippen LogP contribution in [0.15, 0.2) is 42.5 Å². The molecule has 126 valence electrons. The summed E-state index contributed by atoms with van der Waals surface area (Å²) in [6, 6.07) is 12.0. The first-order valence-electron chi connectivity index (χ1n) is 7.62. The Morgan fingerprint density at radius 1 is 1.04 bits per heavy atom. The molecule has 24 heavy (non-hydrogen) atoms. The van der Waals surface area contributed by atoms with Crippen LogP contribution in [-0.2, 0) is 0 Å². The Morgan fingerprint density at radius 3 is 2.17 bits per heavy atom. The molecule has 1 N–H and O–H groups in total. The van der Waals surface area contributed by atoms with E-state index in [9.17, 15) is 9.59 Å². The quantitative estimate of drug-likeness (QED) is 0.664. The maximum absolute atomic E-state index is 12.3. The van der Waals surface area contributed by atoms with E-state index in [0.29, 0.717) is 34.9 Å². The minimum atomic E-state index is -0.215. The van der Waals surface area contributed by atoms with E-state index >= 15 is 0 Å². The summed E-state index contributed by atoms with van der Waals surface area (Å²) >= 11 is 8.05. The second kappa shape index (κ2) is 8.48. The number of hydrogen-bond acceptors (Lipinski definition) is 2. The van der Waals surface area contributed by atoms with E-state index < -0.39 is 0 Å². The van der Waals surface area contributed by atoms with Gasteiger partial charge in [0.15, 0.2) is 0 Å². The first-order valence-corrected chi connectivity index (χ1v) is 9.07. The molecule has 2 aromatic carbocycles. The topological polar surface area (TPSA) is 49.4 Å². The van der Waals surface area contributed by atoms with Gasteiger partial charge in [-0.2, -0.15) is 0 Å². The zero-order valence-corrected chi connectivity index (χ0v) is 16.4. The SMILES string of the molecule is CCN(CC)C(=O)c1ccc(NC(=O)c2ccc(Cl)c(I)c2)cc1. The standard InChI is InChI=1S/C18H18ClIN2O2/c1-3-22(4-2)18(24)12-5-8-14(9-6-12)21-17(23)13-7-10-15(19)16(20)11-13/h5-11H,3-4H2,1-2H3,(H,21,23). The molecule has 4 nitrogen and oxygen atoms in total. The van der Waals surface area contributed by atoms with Gasteiger partial charge in [0.1, 0.15) is 0 Å². The fourth-order valence-electron chi connectivity index (χ4n) is 2.23. The number of benzene rings is 2. The average Bonchev–Trinajstić information content (AvgIpc) is 2.59. The van der Waals surface area contributed by atoms with E-state index in [4.69, 9.17) is 11.6 Å². The van der Waals surface area contributed by atoms with Gasteiger partial charge in [-0.15, -0.1) is 0 Å². The van der Waals surface area contributed by atoms with Crippen LogP contribution in [0.25, 0.3) is 0 Å². The molecular formula is C18H18ClIN2O2. The lowest BCUT2D eigenvalue weighted by molar-refractivity contribution is 0.0773. The van der Waals surface area contributed by atoms with Crippen molar-refractivity contribution in [2.45, 2.75) is 13.8 Å². The van der Waals surface area contributed by atoms with Crippen LogP contribution < -0.4 is 5.32 Å². The third-order valence-corrected chi connectivity index (χ3v) is 5.16. The van der Waals surface area contributed by atoms with Gasteiger partial charge < -0.3 is 10.2 Å². The predicted octanol–water partition coefficient (Wildman–Crippen LogP) is 4.68. The molecule has 0 aliphatic rings. The normalized spacial score (nSPS) is 10.3. The molecule has 0 unspecified atom stereocenters. The van der Waals surface area contributed by atoms with Gasteiger partial charge in [0.25, 0.3) is 11.8 Å². The number of amides is 2. The van der Waals surface area contributed by atoms with Crippen molar-refractivity contribution in [3.8, 4) is 0 Å². The van der Waals surface area contributed by atoms with Crippen LogP contribution in [0.5, 0.6) is 0 Å². The highest BCUT2D eigenvalue weighted by atomic mass is 127. The number of nitrogens with one attached hydrogen (secondary N) is 1. The van der Waals surface area contributed by atoms with Crippen LogP contribution in [0, 0.1) is 3.57 Å². The van der Waals surface area contributed by atoms with Crippen LogP contribution >= 0.6 is 34.2 Å². The zero-order valence-electron chi connectivity index (χ0n) is 13.5. The van der Waals surface area contributed by atoms with Crippen molar-refractivity contribution in [2.75, 3.05) is 18.4 Å². The molecule has 0 spiro atoms. The third kappa shape index (κ3) is 4.48. The lowest BCUT2D eigenvalue weighted by Gasteiger charge is -2.18. The Hall–Kier alpha value is -1.60. The summed E-state index contributed by atoms with van der Waals surface area (Å²) in [5.41, 5.74) is 1.78. The molecular weight excluding hydrogens is 439 g/mol. The lowest BCUT2D eigenvalue weighted by atomic mass is 10.1. The Kier molecular flexibility index (Phi) is 6.62. The zero-order chi connectivity index (χ0) is 17.7. The molecule has 0 saturated heterocycles. The third-order valence-electron chi connectivity index (χ3n) is 3.62. The van der Waals surface area contributed by atoms with Gasteiger partial charge in [0.05, 0.1) is 5.02 Å². The fraction of sp³-hybridized carbons (Fsp3) is 0.222. The molecule has 0 aliphatic carbocycles. The number of hydrogen-bond donors (Lipinski definition) is 1. The highest BCUT2D eigenvalue weighted by molar-refractivity contribution is 14.1. The van der Waals surface area contributed by atoms with Crippen molar-refractivity contribution >= 4 is 51.7 Å². The van der Waals surface area contributed by atoms with Crippen molar-refractivity contribution < 1.29 is 9.59 Å². The summed E-state index contributed by atoms with van der Waals surface area (Å²) in [7, 11) is 0. The second-order valence-corrected chi connectivity index (χ2v) is 6.71. The van der Waals surface area contributed by atoms with Crippen molar-refractivity contribution in [3.05, 3.63) is 62.2 Å². The van der Waals surface area contributed by atoms with Gasteiger partial charge in [0.2, 0.25) is 0 Å². The van der Waals surface area contributed by atoms with Crippen molar-refractivity contribution in [1.29, 1.82) is 0 Å². The Bertz CT molecular complexity index is 743. The first-order chi connectivity index (χ1) is 11.5. The van der Waals surface area contributed by atoms with E-state index in [-0.39, 0.29) is 11.8 Å². The van der Waals surface area contributed by atoms with Crippen LogP contribution in [0.1, 0.15) is 34.6 Å². The number of nitrogens with zero attached hydrogens (tertiary/aromatic N) is 1. The molecule has 0 radical (unpaired) electrons. The molecule has 0 aliphatic heterocycles. The predicted molar refractivity (Wildman–Crippen MR) is 106 cm³/mol. The summed E-state index contributed by atoms with van der Waals surface area (Å²) < 4.78 is 0.821. The van der Waals surface area contributed by atoms with Crippen molar-refractivity contribution in [3.63, 3.8) is 0 Å². The summed E-state index contributed by atoms with van der Waals surface area (Å²) in [5.74, 6) is -0.225. The van der Waals surface area contributed by atoms with Crippen molar-refractivity contribution in [1.82, 2.24) is 4.90 Å². The second-order valence-electron chi connectivity index (χ2n) is 5.14. The minimum absolute atomic E-state index is 0.00914. The monoisotopic (exact) mass is 456 g/mol. The van der Waals surface area contributed by atoms with E-state index in [1.165, 1.54) is 0 Å². The first kappa shape index (κ1) is 18.7. The highest BCUT2D eigenvalue weighted by Crippen LogP contribution is 2.20. The molecule has 0 aromatic heterocycles. The van der Waals surface area contributed by atoms with Gasteiger partial charge in [-0.1, -0.05) is 11.6 Å². The molecule has 2 aromatic rings. The van der Waals surface area contributed by atoms with Crippen LogP contribution in [0.2, 0.25) is 5.02 Å². The smallest absolute Gasteiger partial charge is 0.255 e. The number of rotatable bonds is 5. The Labute approximate surface area is 160 Å². The summed E-state index contributed by atoms with van der Waals surface area (Å²) in [6.45, 7) is 5.24. The van der Waals surface area contributed by atoms with Gasteiger partial charge >= 0.3 is 0 Å². The molecule has 2 rings (SSSR count). The van der Waals surface area contributed by atoms with E-state index in [0.717, 1.165) is 3.57 Å². The number of halogens is 2. The largest absolute Gasteiger partial charge is 0.339 e. The Morgan fingerprint density at radius 2 is 1.62 bits per heavy atom. The van der Waals surface area contributed by atoms with E-state index in [2.05, 4.69) is 27.9 Å². The van der Waals surface area contributed by atoms with E-state index in [1.54, 1.807) is 47.4 Å². The number of anilines is 1. The number of carbonyl (C=O) groups excluding carboxylic acids is 2.